The van der Waals surface area contributed by atoms with Gasteiger partial charge < -0.3 is 15.2 Å². The van der Waals surface area contributed by atoms with Gasteiger partial charge in [0.15, 0.2) is 11.9 Å². The fourth-order valence-electron chi connectivity index (χ4n) is 2.46. The van der Waals surface area contributed by atoms with Gasteiger partial charge >= 0.3 is 12.2 Å². The molecular weight excluding hydrogens is 411 g/mol. The number of nitrogens with one attached hydrogen (secondary N) is 2. The first kappa shape index (κ1) is 19.7. The van der Waals surface area contributed by atoms with E-state index in [0.717, 1.165) is 30.1 Å². The largest absolute Gasteiger partial charge is 0.416 e. The summed E-state index contributed by atoms with van der Waals surface area (Å²) in [5.74, 6) is -2.83. The minimum atomic E-state index is -4.97. The molecule has 0 aliphatic carbocycles. The molecule has 1 atom stereocenters. The molecule has 7 nitrogen and oxygen atoms in total. The predicted molar refractivity (Wildman–Crippen MR) is 88.6 cm³/mol. The first-order valence-corrected chi connectivity index (χ1v) is 7.87. The van der Waals surface area contributed by atoms with Gasteiger partial charge in [0.25, 0.3) is 0 Å². The fourth-order valence-corrected chi connectivity index (χ4v) is 2.56. The van der Waals surface area contributed by atoms with E-state index < -0.39 is 41.2 Å². The number of carbonyl (C=O) groups excluding carboxylic acids is 1. The summed E-state index contributed by atoms with van der Waals surface area (Å²) in [7, 11) is 1.15. The van der Waals surface area contributed by atoms with Crippen molar-refractivity contribution in [2.45, 2.75) is 12.2 Å². The monoisotopic (exact) mass is 420 g/mol. The van der Waals surface area contributed by atoms with E-state index in [1.807, 2.05) is 0 Å². The molecule has 2 heterocycles. The molecular formula is C15H10ClF5N6O. The second-order valence-electron chi connectivity index (χ2n) is 5.60. The number of rotatable bonds is 3. The van der Waals surface area contributed by atoms with E-state index >= 15 is 0 Å². The number of hydrogen-bond donors (Lipinski definition) is 2. The molecule has 0 fully saturated rings. The van der Waals surface area contributed by atoms with E-state index in [4.69, 9.17) is 11.6 Å². The average Bonchev–Trinajstić information content (AvgIpc) is 2.91. The molecule has 0 saturated carbocycles. The van der Waals surface area contributed by atoms with Gasteiger partial charge in [-0.25, -0.2) is 28.5 Å². The highest BCUT2D eigenvalue weighted by Crippen LogP contribution is 2.34. The Morgan fingerprint density at radius 2 is 1.86 bits per heavy atom. The first-order valence-electron chi connectivity index (χ1n) is 7.49. The molecule has 13 heteroatoms. The average molecular weight is 421 g/mol. The minimum Gasteiger partial charge on any atom is -0.329 e. The van der Waals surface area contributed by atoms with Gasteiger partial charge in [0.2, 0.25) is 5.28 Å². The Bertz CT molecular complexity index is 1040. The zero-order valence-corrected chi connectivity index (χ0v) is 14.6. The smallest absolute Gasteiger partial charge is 0.329 e. The van der Waals surface area contributed by atoms with Crippen molar-refractivity contribution in [3.8, 4) is 0 Å². The third-order valence-corrected chi connectivity index (χ3v) is 3.87. The quantitative estimate of drug-likeness (QED) is 0.499. The lowest BCUT2D eigenvalue weighted by Gasteiger charge is -2.21. The molecule has 28 heavy (non-hydrogen) atoms. The van der Waals surface area contributed by atoms with Crippen LogP contribution in [-0.2, 0) is 7.05 Å². The lowest BCUT2D eigenvalue weighted by Crippen LogP contribution is -2.41. The Hall–Kier alpha value is -3.02. The number of carbonyl (C=O) groups is 1. The van der Waals surface area contributed by atoms with Crippen LogP contribution in [0.25, 0.3) is 11.0 Å². The Morgan fingerprint density at radius 3 is 2.46 bits per heavy atom. The number of benzene rings is 1. The number of halogens is 6. The minimum absolute atomic E-state index is 0.0130. The molecule has 2 aromatic heterocycles. The number of nitrogens with zero attached hydrogens (tertiary/aromatic N) is 4. The van der Waals surface area contributed by atoms with E-state index in [9.17, 15) is 26.7 Å². The normalized spacial score (nSPS) is 12.8. The van der Waals surface area contributed by atoms with Crippen LogP contribution in [-0.4, -0.2) is 31.7 Å². The fraction of sp³-hybridized carbons (Fsp3) is 0.200. The van der Waals surface area contributed by atoms with Crippen molar-refractivity contribution >= 4 is 34.4 Å². The van der Waals surface area contributed by atoms with Gasteiger partial charge in [-0.2, -0.15) is 13.2 Å². The maximum Gasteiger partial charge on any atom is 0.416 e. The Balaban J connectivity index is 1.94. The molecule has 0 saturated heterocycles. The van der Waals surface area contributed by atoms with E-state index in [1.165, 1.54) is 0 Å². The maximum absolute atomic E-state index is 13.9. The van der Waals surface area contributed by atoms with Crippen molar-refractivity contribution in [1.82, 2.24) is 24.8 Å². The number of hydrogen-bond acceptors (Lipinski definition) is 4. The van der Waals surface area contributed by atoms with Gasteiger partial charge in [-0.05, 0) is 17.7 Å². The van der Waals surface area contributed by atoms with E-state index in [-0.39, 0.29) is 16.5 Å². The SMILES string of the molecule is Cn1c(C(NC(=O)Nc2cnc(Cl)nc2)C(F)(F)F)nc2c(F)cc(F)cc21. The van der Waals surface area contributed by atoms with E-state index in [2.05, 4.69) is 20.3 Å². The number of alkyl halides is 3. The summed E-state index contributed by atoms with van der Waals surface area (Å²) >= 11 is 5.48. The molecule has 148 valence electrons. The van der Waals surface area contributed by atoms with Crippen molar-refractivity contribution in [2.24, 2.45) is 7.05 Å². The molecule has 3 aromatic rings. The number of aryl methyl sites for hydroxylation is 1. The van der Waals surface area contributed by atoms with Crippen molar-refractivity contribution in [1.29, 1.82) is 0 Å². The predicted octanol–water partition coefficient (Wildman–Crippen LogP) is 3.72. The van der Waals surface area contributed by atoms with Crippen LogP contribution in [0.5, 0.6) is 0 Å². The van der Waals surface area contributed by atoms with Gasteiger partial charge in [0.1, 0.15) is 17.2 Å². The molecule has 1 unspecified atom stereocenters. The summed E-state index contributed by atoms with van der Waals surface area (Å²) in [6, 6.07) is -2.50. The lowest BCUT2D eigenvalue weighted by atomic mass is 10.2. The van der Waals surface area contributed by atoms with Crippen LogP contribution >= 0.6 is 11.6 Å². The van der Waals surface area contributed by atoms with Crippen LogP contribution in [0.1, 0.15) is 11.9 Å². The number of imidazole rings is 1. The molecule has 3 rings (SSSR count). The number of anilines is 1. The molecule has 2 amide bonds. The molecule has 2 N–H and O–H groups in total. The topological polar surface area (TPSA) is 84.7 Å². The lowest BCUT2D eigenvalue weighted by molar-refractivity contribution is -0.156. The molecule has 1 aromatic carbocycles. The van der Waals surface area contributed by atoms with Crippen molar-refractivity contribution in [3.63, 3.8) is 0 Å². The zero-order chi connectivity index (χ0) is 20.6. The summed E-state index contributed by atoms with van der Waals surface area (Å²) in [5, 5.41) is 3.70. The number of aromatic nitrogens is 4. The summed E-state index contributed by atoms with van der Waals surface area (Å²) in [5.41, 5.74) is -0.669. The molecule has 0 aliphatic heterocycles. The van der Waals surface area contributed by atoms with Crippen molar-refractivity contribution in [3.05, 3.63) is 47.3 Å². The molecule has 0 bridgehead atoms. The van der Waals surface area contributed by atoms with Gasteiger partial charge in [0, 0.05) is 13.1 Å². The van der Waals surface area contributed by atoms with Gasteiger partial charge in [-0.15, -0.1) is 0 Å². The van der Waals surface area contributed by atoms with Gasteiger partial charge in [-0.1, -0.05) is 0 Å². The highest BCUT2D eigenvalue weighted by molar-refractivity contribution is 6.28. The van der Waals surface area contributed by atoms with Crippen molar-refractivity contribution < 1.29 is 26.7 Å². The second-order valence-corrected chi connectivity index (χ2v) is 5.94. The highest BCUT2D eigenvalue weighted by atomic mass is 35.5. The van der Waals surface area contributed by atoms with Gasteiger partial charge in [0.05, 0.1) is 23.6 Å². The van der Waals surface area contributed by atoms with Crippen LogP contribution in [0.3, 0.4) is 0 Å². The van der Waals surface area contributed by atoms with Crippen LogP contribution < -0.4 is 10.6 Å². The third kappa shape index (κ3) is 3.96. The van der Waals surface area contributed by atoms with Crippen LogP contribution in [0, 0.1) is 11.6 Å². The number of fused-ring (bicyclic) bond motifs is 1. The number of urea groups is 1. The summed E-state index contributed by atoms with van der Waals surface area (Å²) in [6.45, 7) is 0. The third-order valence-electron chi connectivity index (χ3n) is 3.68. The second kappa shape index (κ2) is 7.19. The summed E-state index contributed by atoms with van der Waals surface area (Å²) < 4.78 is 68.7. The highest BCUT2D eigenvalue weighted by Gasteiger charge is 2.45. The summed E-state index contributed by atoms with van der Waals surface area (Å²) in [6.07, 6.45) is -2.80. The van der Waals surface area contributed by atoms with Crippen LogP contribution in [0.15, 0.2) is 24.5 Å². The standard InChI is InChI=1S/C15H10ClF5N6O/c1-27-9-3-6(17)2-8(18)10(9)25-12(27)11(15(19,20)21)26-14(28)24-7-4-22-13(16)23-5-7/h2-5,11H,1H3,(H2,24,26,28). The zero-order valence-electron chi connectivity index (χ0n) is 13.9. The maximum atomic E-state index is 13.9. The Kier molecular flexibility index (Phi) is 5.06. The molecule has 0 aliphatic rings. The Labute approximate surface area is 158 Å². The van der Waals surface area contributed by atoms with Gasteiger partial charge in [-0.3, -0.25) is 0 Å². The van der Waals surface area contributed by atoms with Crippen molar-refractivity contribution in [2.75, 3.05) is 5.32 Å². The first-order chi connectivity index (χ1) is 13.1. The number of amides is 2. The molecule has 0 spiro atoms. The summed E-state index contributed by atoms with van der Waals surface area (Å²) in [4.78, 5) is 22.8. The van der Waals surface area contributed by atoms with Crippen LogP contribution in [0.2, 0.25) is 5.28 Å². The van der Waals surface area contributed by atoms with E-state index in [1.54, 1.807) is 5.32 Å². The Morgan fingerprint density at radius 1 is 1.21 bits per heavy atom. The molecule has 0 radical (unpaired) electrons. The van der Waals surface area contributed by atoms with Crippen LogP contribution in [0.4, 0.5) is 32.4 Å². The van der Waals surface area contributed by atoms with E-state index in [0.29, 0.717) is 6.07 Å².